The number of carbonyl (C=O) groups excluding carboxylic acids is 1. The molecule has 88 valence electrons. The number of carbonyl (C=O) groups is 1. The van der Waals surface area contributed by atoms with Crippen LogP contribution < -0.4 is 5.59 Å². The molecule has 0 spiro atoms. The van der Waals surface area contributed by atoms with Crippen LogP contribution in [0.5, 0.6) is 0 Å². The van der Waals surface area contributed by atoms with Gasteiger partial charge in [-0.1, -0.05) is 0 Å². The summed E-state index contributed by atoms with van der Waals surface area (Å²) in [7, 11) is -0.351. The molecule has 0 aromatic carbocycles. The van der Waals surface area contributed by atoms with Gasteiger partial charge in [0.05, 0.1) is 12.6 Å². The van der Waals surface area contributed by atoms with E-state index in [0.29, 0.717) is 16.6 Å². The summed E-state index contributed by atoms with van der Waals surface area (Å²) in [6.45, 7) is 1.74. The zero-order chi connectivity index (χ0) is 12.6. The fourth-order valence-electron chi connectivity index (χ4n) is 1.68. The molecule has 0 unspecified atom stereocenters. The molecular weight excluding hydrogens is 223 g/mol. The van der Waals surface area contributed by atoms with Gasteiger partial charge in [-0.3, -0.25) is 0 Å². The number of aromatic amines is 1. The number of aromatic nitrogens is 2. The number of pyridine rings is 1. The number of H-pyrrole nitrogens is 1. The van der Waals surface area contributed by atoms with Gasteiger partial charge in [-0.25, -0.2) is 9.78 Å². The first-order valence-corrected chi connectivity index (χ1v) is 4.97. The van der Waals surface area contributed by atoms with Crippen LogP contribution in [0.3, 0.4) is 0 Å². The van der Waals surface area contributed by atoms with Crippen molar-refractivity contribution in [2.75, 3.05) is 7.11 Å². The molecule has 6 nitrogen and oxygen atoms in total. The number of aryl methyl sites for hydroxylation is 1. The zero-order valence-electron chi connectivity index (χ0n) is 9.39. The molecule has 17 heavy (non-hydrogen) atoms. The number of esters is 1. The molecule has 0 aliphatic heterocycles. The number of hydrogen-bond donors (Lipinski definition) is 3. The van der Waals surface area contributed by atoms with Crippen LogP contribution in [0, 0.1) is 6.92 Å². The van der Waals surface area contributed by atoms with E-state index in [9.17, 15) is 4.79 Å². The van der Waals surface area contributed by atoms with E-state index in [0.717, 1.165) is 0 Å². The maximum Gasteiger partial charge on any atom is 0.505 e. The molecular formula is C10H11BN2O4. The van der Waals surface area contributed by atoms with Gasteiger partial charge >= 0.3 is 13.1 Å². The fraction of sp³-hybridized carbons (Fsp3) is 0.200. The average molecular weight is 234 g/mol. The second kappa shape index (κ2) is 4.19. The van der Waals surface area contributed by atoms with Crippen LogP contribution in [-0.2, 0) is 4.74 Å². The first kappa shape index (κ1) is 11.6. The van der Waals surface area contributed by atoms with E-state index in [1.54, 1.807) is 19.1 Å². The number of ether oxygens (including phenoxy) is 1. The Kier molecular flexibility index (Phi) is 2.87. The zero-order valence-corrected chi connectivity index (χ0v) is 9.39. The number of fused-ring (bicyclic) bond motifs is 1. The molecule has 7 heteroatoms. The molecule has 0 saturated carbocycles. The molecule has 0 radical (unpaired) electrons. The van der Waals surface area contributed by atoms with E-state index < -0.39 is 13.1 Å². The fourth-order valence-corrected chi connectivity index (χ4v) is 1.68. The van der Waals surface area contributed by atoms with Gasteiger partial charge in [0, 0.05) is 16.7 Å². The summed E-state index contributed by atoms with van der Waals surface area (Å²) in [5.41, 5.74) is 1.42. The Morgan fingerprint density at radius 3 is 2.76 bits per heavy atom. The van der Waals surface area contributed by atoms with E-state index in [1.807, 2.05) is 0 Å². The molecule has 0 atom stereocenters. The molecule has 0 aliphatic carbocycles. The van der Waals surface area contributed by atoms with Gasteiger partial charge in [0.15, 0.2) is 5.69 Å². The van der Waals surface area contributed by atoms with E-state index in [4.69, 9.17) is 10.0 Å². The van der Waals surface area contributed by atoms with Gasteiger partial charge in [0.1, 0.15) is 0 Å². The highest BCUT2D eigenvalue weighted by atomic mass is 16.5. The van der Waals surface area contributed by atoms with E-state index in [2.05, 4.69) is 14.7 Å². The highest BCUT2D eigenvalue weighted by molar-refractivity contribution is 6.58. The Labute approximate surface area is 97.4 Å². The summed E-state index contributed by atoms with van der Waals surface area (Å²) in [4.78, 5) is 18.3. The lowest BCUT2D eigenvalue weighted by molar-refractivity contribution is 0.0596. The summed E-state index contributed by atoms with van der Waals surface area (Å²) < 4.78 is 4.62. The first-order chi connectivity index (χ1) is 8.02. The van der Waals surface area contributed by atoms with Crippen LogP contribution >= 0.6 is 0 Å². The minimum absolute atomic E-state index is 0.134. The molecule has 0 fully saturated rings. The van der Waals surface area contributed by atoms with Crippen LogP contribution in [0.2, 0.25) is 0 Å². The normalized spacial score (nSPS) is 10.6. The summed E-state index contributed by atoms with van der Waals surface area (Å²) in [6.07, 6.45) is 0. The van der Waals surface area contributed by atoms with Gasteiger partial charge < -0.3 is 19.8 Å². The number of nitrogens with zero attached hydrogens (tertiary/aromatic N) is 1. The summed E-state index contributed by atoms with van der Waals surface area (Å²) in [5.74, 6) is -0.570. The largest absolute Gasteiger partial charge is 0.505 e. The van der Waals surface area contributed by atoms with E-state index in [1.165, 1.54) is 7.11 Å². The van der Waals surface area contributed by atoms with Crippen LogP contribution in [-0.4, -0.2) is 40.2 Å². The minimum atomic E-state index is -1.62. The molecule has 2 heterocycles. The molecule has 2 aromatic rings. The topological polar surface area (TPSA) is 95.4 Å². The number of nitrogens with one attached hydrogen (secondary N) is 1. The standard InChI is InChI=1S/C10H11BN2O4/c1-5-3-6-4-7(11(15)16)13-8(6)9(12-5)10(14)17-2/h3-4,13,15-16H,1-2H3. The Morgan fingerprint density at radius 1 is 1.47 bits per heavy atom. The van der Waals surface area contributed by atoms with Crippen molar-refractivity contribution in [1.82, 2.24) is 9.97 Å². The predicted molar refractivity (Wildman–Crippen MR) is 62.0 cm³/mol. The number of hydrogen-bond acceptors (Lipinski definition) is 5. The van der Waals surface area contributed by atoms with Gasteiger partial charge in [-0.2, -0.15) is 0 Å². The quantitative estimate of drug-likeness (QED) is 0.473. The second-order valence-corrected chi connectivity index (χ2v) is 3.67. The van der Waals surface area contributed by atoms with Crippen molar-refractivity contribution in [3.8, 4) is 0 Å². The molecule has 0 bridgehead atoms. The third-order valence-electron chi connectivity index (χ3n) is 2.42. The molecule has 0 saturated heterocycles. The minimum Gasteiger partial charge on any atom is -0.464 e. The van der Waals surface area contributed by atoms with Crippen molar-refractivity contribution >= 4 is 29.6 Å². The Bertz CT molecular complexity index is 579. The lowest BCUT2D eigenvalue weighted by Crippen LogP contribution is -2.30. The van der Waals surface area contributed by atoms with Gasteiger partial charge in [0.25, 0.3) is 0 Å². The van der Waals surface area contributed by atoms with Crippen molar-refractivity contribution in [3.63, 3.8) is 0 Å². The summed E-state index contributed by atoms with van der Waals surface area (Å²) in [6, 6.07) is 3.30. The number of rotatable bonds is 2. The summed E-state index contributed by atoms with van der Waals surface area (Å²) in [5, 5.41) is 18.8. The predicted octanol–water partition coefficient (Wildman–Crippen LogP) is -0.662. The molecule has 0 amide bonds. The van der Waals surface area contributed by atoms with Gasteiger partial charge in [-0.05, 0) is 19.1 Å². The molecule has 2 aromatic heterocycles. The number of methoxy groups -OCH3 is 1. The van der Waals surface area contributed by atoms with Crippen molar-refractivity contribution in [2.24, 2.45) is 0 Å². The monoisotopic (exact) mass is 234 g/mol. The van der Waals surface area contributed by atoms with Crippen LogP contribution in [0.1, 0.15) is 16.2 Å². The van der Waals surface area contributed by atoms with E-state index in [-0.39, 0.29) is 11.3 Å². The Morgan fingerprint density at radius 2 is 2.18 bits per heavy atom. The highest BCUT2D eigenvalue weighted by Gasteiger charge is 2.19. The molecule has 0 aliphatic rings. The third kappa shape index (κ3) is 2.02. The summed E-state index contributed by atoms with van der Waals surface area (Å²) >= 11 is 0. The maximum absolute atomic E-state index is 11.5. The van der Waals surface area contributed by atoms with Gasteiger partial charge in [0.2, 0.25) is 0 Å². The van der Waals surface area contributed by atoms with Crippen molar-refractivity contribution in [3.05, 3.63) is 23.5 Å². The highest BCUT2D eigenvalue weighted by Crippen LogP contribution is 2.16. The van der Waals surface area contributed by atoms with Crippen LogP contribution in [0.25, 0.3) is 10.9 Å². The van der Waals surface area contributed by atoms with Crippen molar-refractivity contribution < 1.29 is 19.6 Å². The average Bonchev–Trinajstić information content (AvgIpc) is 2.70. The van der Waals surface area contributed by atoms with Gasteiger partial charge in [-0.15, -0.1) is 0 Å². The smallest absolute Gasteiger partial charge is 0.464 e. The Balaban J connectivity index is 2.69. The van der Waals surface area contributed by atoms with Crippen LogP contribution in [0.15, 0.2) is 12.1 Å². The molecule has 2 rings (SSSR count). The maximum atomic E-state index is 11.5. The van der Waals surface area contributed by atoms with Crippen molar-refractivity contribution in [2.45, 2.75) is 6.92 Å². The second-order valence-electron chi connectivity index (χ2n) is 3.67. The lowest BCUT2D eigenvalue weighted by Gasteiger charge is -2.01. The SMILES string of the molecule is COC(=O)c1nc(C)cc2cc(B(O)O)[nH]c12. The lowest BCUT2D eigenvalue weighted by atomic mass is 9.86. The molecule has 3 N–H and O–H groups in total. The third-order valence-corrected chi connectivity index (χ3v) is 2.42. The van der Waals surface area contributed by atoms with Crippen LogP contribution in [0.4, 0.5) is 0 Å². The van der Waals surface area contributed by atoms with E-state index >= 15 is 0 Å². The Hall–Kier alpha value is -1.86. The first-order valence-electron chi connectivity index (χ1n) is 4.97. The van der Waals surface area contributed by atoms with Crippen molar-refractivity contribution in [1.29, 1.82) is 0 Å².